The maximum Gasteiger partial charge on any atom is 0.246 e. The normalized spacial score (nSPS) is 11.1. The van der Waals surface area contributed by atoms with E-state index in [2.05, 4.69) is 26.0 Å². The van der Waals surface area contributed by atoms with E-state index in [-0.39, 0.29) is 19.1 Å². The standard InChI is InChI=1S/C22H27N3O2/c1-4-24(18-9-6-5-7-10-18)22(27)15-25-20-14-17(3)16(2)13-19(20)23-21(25)11-8-12-26/h5-7,9-10,13-14,26H,4,8,11-12,15H2,1-3H3. The molecule has 142 valence electrons. The molecule has 1 heterocycles. The van der Waals surface area contributed by atoms with E-state index in [1.165, 1.54) is 11.1 Å². The molecule has 5 heteroatoms. The third-order valence-electron chi connectivity index (χ3n) is 4.98. The van der Waals surface area contributed by atoms with Crippen molar-refractivity contribution in [2.24, 2.45) is 0 Å². The van der Waals surface area contributed by atoms with E-state index in [1.54, 1.807) is 4.90 Å². The molecule has 0 aliphatic rings. The van der Waals surface area contributed by atoms with Crippen LogP contribution in [0.1, 0.15) is 30.3 Å². The molecule has 1 amide bonds. The van der Waals surface area contributed by atoms with Crippen LogP contribution in [0.5, 0.6) is 0 Å². The molecule has 5 nitrogen and oxygen atoms in total. The number of carbonyl (C=O) groups is 1. The number of carbonyl (C=O) groups excluding carboxylic acids is 1. The highest BCUT2D eigenvalue weighted by atomic mass is 16.3. The quantitative estimate of drug-likeness (QED) is 0.695. The number of amides is 1. The van der Waals surface area contributed by atoms with E-state index in [9.17, 15) is 9.90 Å². The van der Waals surface area contributed by atoms with Gasteiger partial charge in [0.25, 0.3) is 0 Å². The lowest BCUT2D eigenvalue weighted by molar-refractivity contribution is -0.119. The summed E-state index contributed by atoms with van der Waals surface area (Å²) < 4.78 is 2.01. The minimum atomic E-state index is 0.0338. The topological polar surface area (TPSA) is 58.4 Å². The fraction of sp³-hybridized carbons (Fsp3) is 0.364. The molecule has 2 aromatic carbocycles. The molecule has 0 spiro atoms. The second-order valence-corrected chi connectivity index (χ2v) is 6.84. The van der Waals surface area contributed by atoms with Crippen molar-refractivity contribution in [2.75, 3.05) is 18.1 Å². The number of benzene rings is 2. The zero-order valence-corrected chi connectivity index (χ0v) is 16.3. The number of aliphatic hydroxyl groups is 1. The number of hydrogen-bond donors (Lipinski definition) is 1. The SMILES string of the molecule is CCN(C(=O)Cn1c(CCCO)nc2cc(C)c(C)cc21)c1ccccc1. The molecule has 0 fully saturated rings. The molecular weight excluding hydrogens is 338 g/mol. The van der Waals surface area contributed by atoms with E-state index in [4.69, 9.17) is 4.98 Å². The summed E-state index contributed by atoms with van der Waals surface area (Å²) in [6.45, 7) is 7.09. The van der Waals surface area contributed by atoms with Crippen molar-refractivity contribution in [3.05, 3.63) is 59.4 Å². The second-order valence-electron chi connectivity index (χ2n) is 6.84. The zero-order chi connectivity index (χ0) is 19.4. The largest absolute Gasteiger partial charge is 0.396 e. The lowest BCUT2D eigenvalue weighted by Crippen LogP contribution is -2.34. The van der Waals surface area contributed by atoms with Gasteiger partial charge in [-0.05, 0) is 62.6 Å². The van der Waals surface area contributed by atoms with Gasteiger partial charge in [0.2, 0.25) is 5.91 Å². The highest BCUT2D eigenvalue weighted by molar-refractivity contribution is 5.94. The molecule has 0 saturated heterocycles. The molecule has 0 aliphatic carbocycles. The van der Waals surface area contributed by atoms with E-state index < -0.39 is 0 Å². The number of aromatic nitrogens is 2. The Morgan fingerprint density at radius 2 is 1.85 bits per heavy atom. The van der Waals surface area contributed by atoms with Crippen molar-refractivity contribution < 1.29 is 9.90 Å². The maximum atomic E-state index is 13.1. The number of aliphatic hydroxyl groups excluding tert-OH is 1. The van der Waals surface area contributed by atoms with Gasteiger partial charge in [-0.25, -0.2) is 4.98 Å². The first kappa shape index (κ1) is 19.1. The van der Waals surface area contributed by atoms with Gasteiger partial charge in [0.15, 0.2) is 0 Å². The van der Waals surface area contributed by atoms with E-state index in [0.717, 1.165) is 22.5 Å². The summed E-state index contributed by atoms with van der Waals surface area (Å²) in [4.78, 5) is 19.6. The molecule has 0 atom stereocenters. The maximum absolute atomic E-state index is 13.1. The number of para-hydroxylation sites is 1. The van der Waals surface area contributed by atoms with Gasteiger partial charge in [0.05, 0.1) is 11.0 Å². The Morgan fingerprint density at radius 3 is 2.52 bits per heavy atom. The van der Waals surface area contributed by atoms with Gasteiger partial charge in [0, 0.05) is 25.3 Å². The summed E-state index contributed by atoms with van der Waals surface area (Å²) in [7, 11) is 0. The third-order valence-corrected chi connectivity index (χ3v) is 4.98. The average Bonchev–Trinajstić information content (AvgIpc) is 2.98. The Hall–Kier alpha value is -2.66. The molecule has 0 saturated carbocycles. The molecule has 0 unspecified atom stereocenters. The summed E-state index contributed by atoms with van der Waals surface area (Å²) in [5.74, 6) is 0.882. The zero-order valence-electron chi connectivity index (χ0n) is 16.3. The van der Waals surface area contributed by atoms with E-state index in [0.29, 0.717) is 19.4 Å². The smallest absolute Gasteiger partial charge is 0.246 e. The Balaban J connectivity index is 1.98. The summed E-state index contributed by atoms with van der Waals surface area (Å²) >= 11 is 0. The molecule has 3 aromatic rings. The molecule has 0 radical (unpaired) electrons. The minimum absolute atomic E-state index is 0.0338. The fourth-order valence-corrected chi connectivity index (χ4v) is 3.37. The van der Waals surface area contributed by atoms with Crippen LogP contribution >= 0.6 is 0 Å². The van der Waals surface area contributed by atoms with Gasteiger partial charge in [-0.15, -0.1) is 0 Å². The first-order valence-corrected chi connectivity index (χ1v) is 9.47. The van der Waals surface area contributed by atoms with Gasteiger partial charge < -0.3 is 14.6 Å². The average molecular weight is 365 g/mol. The van der Waals surface area contributed by atoms with Crippen molar-refractivity contribution in [3.63, 3.8) is 0 Å². The molecule has 0 bridgehead atoms. The molecular formula is C22H27N3O2. The Labute approximate surface area is 160 Å². The number of rotatable bonds is 7. The number of hydrogen-bond acceptors (Lipinski definition) is 3. The number of fused-ring (bicyclic) bond motifs is 1. The summed E-state index contributed by atoms with van der Waals surface area (Å²) in [6.07, 6.45) is 1.28. The summed E-state index contributed by atoms with van der Waals surface area (Å²) in [6, 6.07) is 13.9. The summed E-state index contributed by atoms with van der Waals surface area (Å²) in [5, 5.41) is 9.23. The summed E-state index contributed by atoms with van der Waals surface area (Å²) in [5.41, 5.74) is 5.15. The first-order valence-electron chi connectivity index (χ1n) is 9.47. The van der Waals surface area contributed by atoms with Crippen LogP contribution in [-0.4, -0.2) is 33.7 Å². The molecule has 1 N–H and O–H groups in total. The van der Waals surface area contributed by atoms with Crippen LogP contribution in [-0.2, 0) is 17.8 Å². The van der Waals surface area contributed by atoms with Crippen LogP contribution in [0.3, 0.4) is 0 Å². The second kappa shape index (κ2) is 8.35. The van der Waals surface area contributed by atoms with Crippen LogP contribution in [0.15, 0.2) is 42.5 Å². The Morgan fingerprint density at radius 1 is 1.15 bits per heavy atom. The van der Waals surface area contributed by atoms with Crippen LogP contribution < -0.4 is 4.90 Å². The van der Waals surface area contributed by atoms with Crippen molar-refractivity contribution >= 4 is 22.6 Å². The number of imidazole rings is 1. The predicted molar refractivity (Wildman–Crippen MR) is 109 cm³/mol. The van der Waals surface area contributed by atoms with Crippen molar-refractivity contribution in [3.8, 4) is 0 Å². The highest BCUT2D eigenvalue weighted by Gasteiger charge is 2.19. The minimum Gasteiger partial charge on any atom is -0.396 e. The van der Waals surface area contributed by atoms with Gasteiger partial charge >= 0.3 is 0 Å². The fourth-order valence-electron chi connectivity index (χ4n) is 3.37. The highest BCUT2D eigenvalue weighted by Crippen LogP contribution is 2.23. The predicted octanol–water partition coefficient (Wildman–Crippen LogP) is 3.63. The molecule has 27 heavy (non-hydrogen) atoms. The van der Waals surface area contributed by atoms with Gasteiger partial charge in [-0.1, -0.05) is 18.2 Å². The molecule has 1 aromatic heterocycles. The van der Waals surface area contributed by atoms with Crippen LogP contribution in [0, 0.1) is 13.8 Å². The Kier molecular flexibility index (Phi) is 5.91. The number of nitrogens with zero attached hydrogens (tertiary/aromatic N) is 3. The molecule has 3 rings (SSSR count). The van der Waals surface area contributed by atoms with Crippen LogP contribution in [0.2, 0.25) is 0 Å². The van der Waals surface area contributed by atoms with Crippen LogP contribution in [0.4, 0.5) is 5.69 Å². The number of aryl methyl sites for hydroxylation is 3. The Bertz CT molecular complexity index is 932. The third kappa shape index (κ3) is 4.03. The number of likely N-dealkylation sites (N-methyl/N-ethyl adjacent to an activating group) is 1. The lowest BCUT2D eigenvalue weighted by Gasteiger charge is -2.22. The monoisotopic (exact) mass is 365 g/mol. The lowest BCUT2D eigenvalue weighted by atomic mass is 10.1. The van der Waals surface area contributed by atoms with E-state index in [1.807, 2.05) is 41.8 Å². The van der Waals surface area contributed by atoms with Crippen molar-refractivity contribution in [1.82, 2.24) is 9.55 Å². The number of anilines is 1. The van der Waals surface area contributed by atoms with Gasteiger partial charge in [-0.3, -0.25) is 4.79 Å². The van der Waals surface area contributed by atoms with Gasteiger partial charge in [0.1, 0.15) is 12.4 Å². The van der Waals surface area contributed by atoms with Gasteiger partial charge in [-0.2, -0.15) is 0 Å². The van der Waals surface area contributed by atoms with Crippen LogP contribution in [0.25, 0.3) is 11.0 Å². The van der Waals surface area contributed by atoms with E-state index >= 15 is 0 Å². The molecule has 0 aliphatic heterocycles. The van der Waals surface area contributed by atoms with Crippen molar-refractivity contribution in [1.29, 1.82) is 0 Å². The first-order chi connectivity index (χ1) is 13.0. The van der Waals surface area contributed by atoms with Crippen molar-refractivity contribution in [2.45, 2.75) is 40.2 Å².